The van der Waals surface area contributed by atoms with Gasteiger partial charge in [0.25, 0.3) is 5.56 Å². The number of rotatable bonds is 5. The molecule has 0 atom stereocenters. The van der Waals surface area contributed by atoms with Crippen molar-refractivity contribution in [3.63, 3.8) is 0 Å². The molecule has 0 saturated carbocycles. The maximum atomic E-state index is 12.0. The molecule has 1 aliphatic carbocycles. The monoisotopic (exact) mass is 306 g/mol. The second kappa shape index (κ2) is 6.03. The minimum Gasteiger partial charge on any atom is -0.378 e. The number of thioether (sulfide) groups is 1. The molecule has 2 aromatic heterocycles. The van der Waals surface area contributed by atoms with Crippen LogP contribution in [-0.2, 0) is 37.0 Å². The van der Waals surface area contributed by atoms with Crippen LogP contribution in [0.15, 0.2) is 16.3 Å². The fraction of sp³-hybridized carbons (Fsp3) is 0.500. The number of hydrogen-bond donors (Lipinski definition) is 1. The molecule has 0 amide bonds. The van der Waals surface area contributed by atoms with Crippen LogP contribution in [-0.4, -0.2) is 26.6 Å². The van der Waals surface area contributed by atoms with Crippen LogP contribution in [0.1, 0.15) is 29.1 Å². The van der Waals surface area contributed by atoms with E-state index >= 15 is 0 Å². The highest BCUT2D eigenvalue weighted by molar-refractivity contribution is 7.98. The Hall–Kier alpha value is -1.60. The van der Waals surface area contributed by atoms with Gasteiger partial charge in [-0.3, -0.25) is 4.79 Å². The number of nitrogens with zero attached hydrogens (tertiary/aromatic N) is 3. The van der Waals surface area contributed by atoms with E-state index in [1.54, 1.807) is 13.4 Å². The van der Waals surface area contributed by atoms with E-state index in [9.17, 15) is 4.79 Å². The third kappa shape index (κ3) is 2.89. The molecule has 0 aliphatic heterocycles. The first-order valence-corrected chi connectivity index (χ1v) is 7.90. The van der Waals surface area contributed by atoms with E-state index in [0.717, 1.165) is 41.9 Å². The number of aryl methyl sites for hydroxylation is 2. The molecule has 7 heteroatoms. The summed E-state index contributed by atoms with van der Waals surface area (Å²) in [6.45, 7) is 0.491. The first kappa shape index (κ1) is 14.3. The van der Waals surface area contributed by atoms with Gasteiger partial charge in [0, 0.05) is 25.5 Å². The smallest absolute Gasteiger partial charge is 0.254 e. The van der Waals surface area contributed by atoms with E-state index < -0.39 is 0 Å². The summed E-state index contributed by atoms with van der Waals surface area (Å²) in [6.07, 6.45) is 4.57. The highest BCUT2D eigenvalue weighted by Gasteiger charge is 2.17. The minimum absolute atomic E-state index is 0.0159. The highest BCUT2D eigenvalue weighted by atomic mass is 32.2. The molecule has 0 aromatic carbocycles. The van der Waals surface area contributed by atoms with Crippen molar-refractivity contribution in [3.05, 3.63) is 39.3 Å². The molecule has 0 bridgehead atoms. The number of aromatic nitrogens is 4. The lowest BCUT2D eigenvalue weighted by atomic mass is 10.3. The van der Waals surface area contributed by atoms with Crippen LogP contribution < -0.4 is 5.56 Å². The highest BCUT2D eigenvalue weighted by Crippen LogP contribution is 2.23. The molecule has 0 radical (unpaired) electrons. The van der Waals surface area contributed by atoms with Crippen LogP contribution in [0.2, 0.25) is 0 Å². The van der Waals surface area contributed by atoms with Gasteiger partial charge in [-0.2, -0.15) is 0 Å². The number of methoxy groups -OCH3 is 1. The lowest BCUT2D eigenvalue weighted by molar-refractivity contribution is 0.181. The van der Waals surface area contributed by atoms with Gasteiger partial charge in [-0.25, -0.2) is 9.97 Å². The van der Waals surface area contributed by atoms with E-state index in [1.165, 1.54) is 11.8 Å². The third-order valence-electron chi connectivity index (χ3n) is 3.69. The van der Waals surface area contributed by atoms with Crippen molar-refractivity contribution < 1.29 is 4.74 Å². The van der Waals surface area contributed by atoms with Crippen molar-refractivity contribution in [1.29, 1.82) is 0 Å². The molecule has 0 fully saturated rings. The maximum Gasteiger partial charge on any atom is 0.254 e. The van der Waals surface area contributed by atoms with Crippen LogP contribution in [0.3, 0.4) is 0 Å². The van der Waals surface area contributed by atoms with Gasteiger partial charge in [0.05, 0.1) is 30.0 Å². The topological polar surface area (TPSA) is 72.8 Å². The van der Waals surface area contributed by atoms with Crippen LogP contribution >= 0.6 is 11.8 Å². The van der Waals surface area contributed by atoms with Crippen LogP contribution in [0.4, 0.5) is 0 Å². The standard InChI is InChI=1S/C14H18N4O2S/c1-18-8-15-11(6-20-2)12(18)7-21-14-16-10-5-3-4-9(10)13(19)17-14/h8H,3-7H2,1-2H3,(H,16,17,19). The van der Waals surface area contributed by atoms with Gasteiger partial charge in [-0.05, 0) is 19.3 Å². The summed E-state index contributed by atoms with van der Waals surface area (Å²) in [5, 5.41) is 0.685. The van der Waals surface area contributed by atoms with Gasteiger partial charge < -0.3 is 14.3 Å². The first-order valence-electron chi connectivity index (χ1n) is 6.92. The molecule has 112 valence electrons. The maximum absolute atomic E-state index is 12.0. The Bertz CT molecular complexity index is 707. The lowest BCUT2D eigenvalue weighted by Crippen LogP contribution is -2.15. The zero-order chi connectivity index (χ0) is 14.8. The normalized spacial score (nSPS) is 13.6. The molecule has 1 N–H and O–H groups in total. The number of H-pyrrole nitrogens is 1. The Morgan fingerprint density at radius 3 is 3.14 bits per heavy atom. The van der Waals surface area contributed by atoms with Crippen molar-refractivity contribution in [1.82, 2.24) is 19.5 Å². The van der Waals surface area contributed by atoms with Crippen LogP contribution in [0.5, 0.6) is 0 Å². The number of fused-ring (bicyclic) bond motifs is 1. The van der Waals surface area contributed by atoms with Crippen molar-refractivity contribution in [2.45, 2.75) is 36.8 Å². The first-order chi connectivity index (χ1) is 10.2. The molecule has 0 unspecified atom stereocenters. The van der Waals surface area contributed by atoms with Crippen molar-refractivity contribution in [2.24, 2.45) is 7.05 Å². The average Bonchev–Trinajstić information content (AvgIpc) is 3.05. The Kier molecular flexibility index (Phi) is 4.12. The molecule has 1 aliphatic rings. The molecule has 2 heterocycles. The summed E-state index contributed by atoms with van der Waals surface area (Å²) >= 11 is 1.53. The van der Waals surface area contributed by atoms with Gasteiger partial charge >= 0.3 is 0 Å². The van der Waals surface area contributed by atoms with Gasteiger partial charge in [-0.15, -0.1) is 0 Å². The summed E-state index contributed by atoms with van der Waals surface area (Å²) in [5.74, 6) is 0.705. The van der Waals surface area contributed by atoms with E-state index in [4.69, 9.17) is 4.74 Å². The second-order valence-corrected chi connectivity index (χ2v) is 6.08. The van der Waals surface area contributed by atoms with E-state index in [2.05, 4.69) is 15.0 Å². The second-order valence-electron chi connectivity index (χ2n) is 5.12. The number of imidazole rings is 1. The third-order valence-corrected chi connectivity index (χ3v) is 4.58. The predicted octanol–water partition coefficient (Wildman–Crippen LogP) is 1.43. The molecule has 0 saturated heterocycles. The minimum atomic E-state index is 0.0159. The van der Waals surface area contributed by atoms with Gasteiger partial charge in [0.1, 0.15) is 0 Å². The summed E-state index contributed by atoms with van der Waals surface area (Å²) < 4.78 is 7.13. The predicted molar refractivity (Wildman–Crippen MR) is 80.4 cm³/mol. The quantitative estimate of drug-likeness (QED) is 0.668. The Morgan fingerprint density at radius 1 is 1.48 bits per heavy atom. The molecule has 6 nitrogen and oxygen atoms in total. The van der Waals surface area contributed by atoms with Crippen LogP contribution in [0.25, 0.3) is 0 Å². The number of nitrogens with one attached hydrogen (secondary N) is 1. The van der Waals surface area contributed by atoms with E-state index in [1.807, 2.05) is 11.6 Å². The number of hydrogen-bond acceptors (Lipinski definition) is 5. The molecular weight excluding hydrogens is 288 g/mol. The van der Waals surface area contributed by atoms with E-state index in [0.29, 0.717) is 17.5 Å². The fourth-order valence-corrected chi connectivity index (χ4v) is 3.55. The summed E-state index contributed by atoms with van der Waals surface area (Å²) in [7, 11) is 3.62. The molecule has 0 spiro atoms. The molecule has 2 aromatic rings. The Labute approximate surface area is 127 Å². The summed E-state index contributed by atoms with van der Waals surface area (Å²) in [5.41, 5.74) is 3.85. The number of ether oxygens (including phenoxy) is 1. The van der Waals surface area contributed by atoms with Crippen molar-refractivity contribution in [3.8, 4) is 0 Å². The van der Waals surface area contributed by atoms with Gasteiger partial charge in [-0.1, -0.05) is 11.8 Å². The zero-order valence-electron chi connectivity index (χ0n) is 12.2. The summed E-state index contributed by atoms with van der Waals surface area (Å²) in [6, 6.07) is 0. The zero-order valence-corrected chi connectivity index (χ0v) is 13.0. The Morgan fingerprint density at radius 2 is 2.33 bits per heavy atom. The molecule has 21 heavy (non-hydrogen) atoms. The number of aromatic amines is 1. The molecule has 3 rings (SSSR count). The largest absolute Gasteiger partial charge is 0.378 e. The van der Waals surface area contributed by atoms with Crippen LogP contribution in [0, 0.1) is 0 Å². The average molecular weight is 306 g/mol. The molecular formula is C14H18N4O2S. The van der Waals surface area contributed by atoms with Crippen molar-refractivity contribution in [2.75, 3.05) is 7.11 Å². The van der Waals surface area contributed by atoms with Gasteiger partial charge in [0.2, 0.25) is 0 Å². The fourth-order valence-electron chi connectivity index (χ4n) is 2.57. The Balaban J connectivity index is 1.78. The lowest BCUT2D eigenvalue weighted by Gasteiger charge is -2.06. The van der Waals surface area contributed by atoms with Gasteiger partial charge in [0.15, 0.2) is 5.16 Å². The summed E-state index contributed by atoms with van der Waals surface area (Å²) in [4.78, 5) is 23.8. The SMILES string of the molecule is COCc1ncn(C)c1CSc1nc2c(c(=O)[nH]1)CCC2. The van der Waals surface area contributed by atoms with Crippen molar-refractivity contribution >= 4 is 11.8 Å². The van der Waals surface area contributed by atoms with E-state index in [-0.39, 0.29) is 5.56 Å².